The molecule has 2 rings (SSSR count). The van der Waals surface area contributed by atoms with Gasteiger partial charge in [-0.15, -0.1) is 0 Å². The van der Waals surface area contributed by atoms with E-state index in [1.165, 1.54) is 6.42 Å². The number of hydrogen-bond acceptors (Lipinski definition) is 3. The molecule has 0 spiro atoms. The van der Waals surface area contributed by atoms with Crippen LogP contribution in [0.25, 0.3) is 0 Å². The van der Waals surface area contributed by atoms with Crippen LogP contribution in [0.2, 0.25) is 0 Å². The van der Waals surface area contributed by atoms with Gasteiger partial charge < -0.3 is 10.1 Å². The third-order valence-corrected chi connectivity index (χ3v) is 3.79. The average Bonchev–Trinajstić information content (AvgIpc) is 2.27. The Labute approximate surface area is 116 Å². The highest BCUT2D eigenvalue weighted by atomic mass is 16.5. The van der Waals surface area contributed by atoms with Crippen molar-refractivity contribution in [3.63, 3.8) is 0 Å². The lowest BCUT2D eigenvalue weighted by Crippen LogP contribution is -2.47. The maximum Gasteiger partial charge on any atom is 0.141 e. The van der Waals surface area contributed by atoms with Crippen LogP contribution in [-0.4, -0.2) is 22.7 Å². The van der Waals surface area contributed by atoms with Crippen molar-refractivity contribution in [2.45, 2.75) is 64.5 Å². The van der Waals surface area contributed by atoms with Crippen LogP contribution in [0.5, 0.6) is 5.75 Å². The first kappa shape index (κ1) is 14.3. The second kappa shape index (κ2) is 5.49. The van der Waals surface area contributed by atoms with Crippen LogP contribution < -0.4 is 10.1 Å². The summed E-state index contributed by atoms with van der Waals surface area (Å²) in [5.41, 5.74) is 1.19. The number of aromatic nitrogens is 1. The van der Waals surface area contributed by atoms with Gasteiger partial charge in [0.25, 0.3) is 0 Å². The fourth-order valence-electron chi connectivity index (χ4n) is 2.45. The van der Waals surface area contributed by atoms with E-state index >= 15 is 0 Å². The van der Waals surface area contributed by atoms with Crippen LogP contribution in [0.1, 0.15) is 52.1 Å². The Balaban J connectivity index is 1.94. The largest absolute Gasteiger partial charge is 0.485 e. The maximum atomic E-state index is 6.28. The van der Waals surface area contributed by atoms with E-state index in [4.69, 9.17) is 4.74 Å². The lowest BCUT2D eigenvalue weighted by atomic mass is 9.77. The summed E-state index contributed by atoms with van der Waals surface area (Å²) in [5.74, 6) is 0.943. The predicted molar refractivity (Wildman–Crippen MR) is 78.6 cm³/mol. The zero-order valence-corrected chi connectivity index (χ0v) is 12.6. The van der Waals surface area contributed by atoms with E-state index in [1.807, 2.05) is 25.3 Å². The van der Waals surface area contributed by atoms with Crippen LogP contribution >= 0.6 is 0 Å². The minimum absolute atomic E-state index is 0.0338. The number of rotatable bonds is 5. The zero-order chi connectivity index (χ0) is 13.9. The number of ether oxygens (including phenoxy) is 1. The van der Waals surface area contributed by atoms with Crippen LogP contribution in [0.4, 0.5) is 0 Å². The van der Waals surface area contributed by atoms with Crippen molar-refractivity contribution in [2.75, 3.05) is 6.54 Å². The quantitative estimate of drug-likeness (QED) is 0.882. The number of nitrogens with one attached hydrogen (secondary N) is 1. The molecular weight excluding hydrogens is 236 g/mol. The molecule has 1 N–H and O–H groups in total. The minimum atomic E-state index is 0.0338. The smallest absolute Gasteiger partial charge is 0.141 e. The third kappa shape index (κ3) is 3.93. The standard InChI is InChI=1S/C16H26N2O/c1-13-14(7-5-11-17-13)19-16(8-6-9-16)10-12-18-15(2,3)4/h5,7,11,18H,6,8-10,12H2,1-4H3. The van der Waals surface area contributed by atoms with Crippen LogP contribution in [0.15, 0.2) is 18.3 Å². The van der Waals surface area contributed by atoms with Gasteiger partial charge in [0.15, 0.2) is 0 Å². The molecule has 0 radical (unpaired) electrons. The summed E-state index contributed by atoms with van der Waals surface area (Å²) in [7, 11) is 0. The molecule has 0 saturated heterocycles. The number of pyridine rings is 1. The van der Waals surface area contributed by atoms with Crippen molar-refractivity contribution in [3.05, 3.63) is 24.0 Å². The molecule has 0 amide bonds. The van der Waals surface area contributed by atoms with E-state index in [0.29, 0.717) is 0 Å². The molecule has 1 aliphatic rings. The summed E-state index contributed by atoms with van der Waals surface area (Å²) in [6.45, 7) is 9.61. The van der Waals surface area contributed by atoms with Gasteiger partial charge in [0, 0.05) is 11.7 Å². The Morgan fingerprint density at radius 1 is 1.37 bits per heavy atom. The molecule has 1 aliphatic carbocycles. The van der Waals surface area contributed by atoms with Gasteiger partial charge in [0.2, 0.25) is 0 Å². The van der Waals surface area contributed by atoms with Crippen molar-refractivity contribution < 1.29 is 4.74 Å². The van der Waals surface area contributed by atoms with Gasteiger partial charge in [0.1, 0.15) is 11.4 Å². The van der Waals surface area contributed by atoms with E-state index in [2.05, 4.69) is 31.1 Å². The van der Waals surface area contributed by atoms with E-state index < -0.39 is 0 Å². The molecule has 0 aromatic carbocycles. The molecule has 19 heavy (non-hydrogen) atoms. The molecule has 3 heteroatoms. The molecule has 106 valence electrons. The average molecular weight is 262 g/mol. The van der Waals surface area contributed by atoms with E-state index in [-0.39, 0.29) is 11.1 Å². The lowest BCUT2D eigenvalue weighted by molar-refractivity contribution is -0.0161. The highest BCUT2D eigenvalue weighted by Crippen LogP contribution is 2.39. The van der Waals surface area contributed by atoms with Gasteiger partial charge in [-0.05, 0) is 72.1 Å². The Morgan fingerprint density at radius 2 is 2.11 bits per heavy atom. The second-order valence-electron chi connectivity index (χ2n) is 6.65. The first-order valence-corrected chi connectivity index (χ1v) is 7.26. The lowest BCUT2D eigenvalue weighted by Gasteiger charge is -2.42. The van der Waals surface area contributed by atoms with Crippen LogP contribution in [0.3, 0.4) is 0 Å². The molecular formula is C16H26N2O. The van der Waals surface area contributed by atoms with Crippen LogP contribution in [0, 0.1) is 6.92 Å². The van der Waals surface area contributed by atoms with Gasteiger partial charge >= 0.3 is 0 Å². The van der Waals surface area contributed by atoms with Gasteiger partial charge in [-0.1, -0.05) is 0 Å². The van der Waals surface area contributed by atoms with Crippen molar-refractivity contribution in [3.8, 4) is 5.75 Å². The number of aryl methyl sites for hydroxylation is 1. The van der Waals surface area contributed by atoms with Crippen LogP contribution in [-0.2, 0) is 0 Å². The van der Waals surface area contributed by atoms with E-state index in [9.17, 15) is 0 Å². The summed E-state index contributed by atoms with van der Waals surface area (Å²) in [5, 5.41) is 3.55. The molecule has 0 aliphatic heterocycles. The highest BCUT2D eigenvalue weighted by Gasteiger charge is 2.39. The summed E-state index contributed by atoms with van der Waals surface area (Å²) in [4.78, 5) is 4.30. The van der Waals surface area contributed by atoms with E-state index in [0.717, 1.165) is 37.3 Å². The van der Waals surface area contributed by atoms with Gasteiger partial charge in [-0.3, -0.25) is 4.98 Å². The summed E-state index contributed by atoms with van der Waals surface area (Å²) in [6.07, 6.45) is 6.48. The van der Waals surface area contributed by atoms with Crippen molar-refractivity contribution in [1.82, 2.24) is 10.3 Å². The van der Waals surface area contributed by atoms with Crippen molar-refractivity contribution in [2.24, 2.45) is 0 Å². The van der Waals surface area contributed by atoms with Gasteiger partial charge in [-0.25, -0.2) is 0 Å². The maximum absolute atomic E-state index is 6.28. The first-order chi connectivity index (χ1) is 8.90. The molecule has 1 aromatic rings. The monoisotopic (exact) mass is 262 g/mol. The zero-order valence-electron chi connectivity index (χ0n) is 12.6. The van der Waals surface area contributed by atoms with Crippen molar-refractivity contribution in [1.29, 1.82) is 0 Å². The molecule has 1 aromatic heterocycles. The normalized spacial score (nSPS) is 17.9. The van der Waals surface area contributed by atoms with Crippen molar-refractivity contribution >= 4 is 0 Å². The Morgan fingerprint density at radius 3 is 2.63 bits per heavy atom. The molecule has 3 nitrogen and oxygen atoms in total. The Bertz CT molecular complexity index is 419. The molecule has 1 fully saturated rings. The minimum Gasteiger partial charge on any atom is -0.485 e. The Kier molecular flexibility index (Phi) is 4.14. The summed E-state index contributed by atoms with van der Waals surface area (Å²) in [6, 6.07) is 3.97. The summed E-state index contributed by atoms with van der Waals surface area (Å²) >= 11 is 0. The fourth-order valence-corrected chi connectivity index (χ4v) is 2.45. The molecule has 0 bridgehead atoms. The molecule has 1 saturated carbocycles. The number of hydrogen-bond donors (Lipinski definition) is 1. The van der Waals surface area contributed by atoms with Gasteiger partial charge in [-0.2, -0.15) is 0 Å². The Hall–Kier alpha value is -1.09. The predicted octanol–water partition coefficient (Wildman–Crippen LogP) is 3.47. The SMILES string of the molecule is Cc1ncccc1OC1(CCNC(C)(C)C)CCC1. The highest BCUT2D eigenvalue weighted by molar-refractivity contribution is 5.26. The molecule has 0 unspecified atom stereocenters. The molecule has 1 heterocycles. The van der Waals surface area contributed by atoms with Gasteiger partial charge in [0.05, 0.1) is 5.69 Å². The number of nitrogens with zero attached hydrogens (tertiary/aromatic N) is 1. The molecule has 0 atom stereocenters. The van der Waals surface area contributed by atoms with E-state index in [1.54, 1.807) is 0 Å². The topological polar surface area (TPSA) is 34.1 Å². The fraction of sp³-hybridized carbons (Fsp3) is 0.688. The summed E-state index contributed by atoms with van der Waals surface area (Å²) < 4.78 is 6.28. The second-order valence-corrected chi connectivity index (χ2v) is 6.65. The first-order valence-electron chi connectivity index (χ1n) is 7.26. The third-order valence-electron chi connectivity index (χ3n) is 3.79.